The molecule has 0 saturated carbocycles. The highest BCUT2D eigenvalue weighted by atomic mass is 19.4. The summed E-state index contributed by atoms with van der Waals surface area (Å²) in [6.45, 7) is 1.82. The van der Waals surface area contributed by atoms with Crippen LogP contribution in [0.5, 0.6) is 11.5 Å². The second-order valence-corrected chi connectivity index (χ2v) is 7.90. The van der Waals surface area contributed by atoms with Crippen LogP contribution in [0.1, 0.15) is 12.0 Å². The highest BCUT2D eigenvalue weighted by Crippen LogP contribution is 2.35. The first-order valence-corrected chi connectivity index (χ1v) is 10.5. The van der Waals surface area contributed by atoms with Crippen LogP contribution in [0, 0.1) is 0 Å². The molecule has 176 valence electrons. The predicted octanol–water partition coefficient (Wildman–Crippen LogP) is 3.18. The molecule has 2 amide bonds. The molecule has 0 radical (unpaired) electrons. The fraction of sp³-hybridized carbons (Fsp3) is 0.391. The van der Waals surface area contributed by atoms with Gasteiger partial charge in [0.1, 0.15) is 0 Å². The van der Waals surface area contributed by atoms with E-state index >= 15 is 0 Å². The van der Waals surface area contributed by atoms with E-state index in [1.165, 1.54) is 20.3 Å². The van der Waals surface area contributed by atoms with Gasteiger partial charge in [-0.05, 0) is 30.3 Å². The zero-order valence-electron chi connectivity index (χ0n) is 18.3. The summed E-state index contributed by atoms with van der Waals surface area (Å²) in [5, 5.41) is 0. The predicted molar refractivity (Wildman–Crippen MR) is 116 cm³/mol. The number of imide groups is 1. The minimum atomic E-state index is -4.40. The standard InChI is InChI=1S/C23H24F3N3O4/c1-32-19-7-6-17(13-20(19)33-2)29-21(30)14-18(22(29)31)28-10-8-27(9-11-28)16-5-3-4-15(12-16)23(24,25)26/h3-7,12-13,18H,8-11,14H2,1-2H3. The molecule has 0 aliphatic carbocycles. The Morgan fingerprint density at radius 2 is 1.58 bits per heavy atom. The number of rotatable bonds is 5. The van der Waals surface area contributed by atoms with E-state index in [0.29, 0.717) is 49.1 Å². The SMILES string of the molecule is COc1ccc(N2C(=O)CC(N3CCN(c4cccc(C(F)(F)F)c4)CC3)C2=O)cc1OC. The van der Waals surface area contributed by atoms with Gasteiger partial charge in [-0.15, -0.1) is 0 Å². The normalized spacial score (nSPS) is 19.8. The van der Waals surface area contributed by atoms with Crippen molar-refractivity contribution < 1.29 is 32.2 Å². The van der Waals surface area contributed by atoms with Crippen molar-refractivity contribution in [2.75, 3.05) is 50.2 Å². The van der Waals surface area contributed by atoms with Crippen LogP contribution in [-0.4, -0.2) is 63.2 Å². The lowest BCUT2D eigenvalue weighted by Gasteiger charge is -2.38. The summed E-state index contributed by atoms with van der Waals surface area (Å²) < 4.78 is 49.6. The largest absolute Gasteiger partial charge is 0.493 e. The van der Waals surface area contributed by atoms with Crippen LogP contribution in [0.2, 0.25) is 0 Å². The molecule has 2 aliphatic heterocycles. The number of piperazine rings is 1. The van der Waals surface area contributed by atoms with Crippen LogP contribution >= 0.6 is 0 Å². The zero-order valence-corrected chi connectivity index (χ0v) is 18.3. The third-order valence-corrected chi connectivity index (χ3v) is 6.04. The summed E-state index contributed by atoms with van der Waals surface area (Å²) in [5.41, 5.74) is 0.211. The topological polar surface area (TPSA) is 62.3 Å². The van der Waals surface area contributed by atoms with Crippen molar-refractivity contribution in [3.05, 3.63) is 48.0 Å². The van der Waals surface area contributed by atoms with Crippen molar-refractivity contribution in [2.24, 2.45) is 0 Å². The summed E-state index contributed by atoms with van der Waals surface area (Å²) >= 11 is 0. The van der Waals surface area contributed by atoms with E-state index in [1.807, 2.05) is 9.80 Å². The van der Waals surface area contributed by atoms with Crippen molar-refractivity contribution in [3.8, 4) is 11.5 Å². The molecule has 2 heterocycles. The van der Waals surface area contributed by atoms with Crippen LogP contribution in [-0.2, 0) is 15.8 Å². The third-order valence-electron chi connectivity index (χ3n) is 6.04. The Labute approximate surface area is 189 Å². The van der Waals surface area contributed by atoms with Gasteiger partial charge in [0.25, 0.3) is 5.91 Å². The molecule has 0 bridgehead atoms. The zero-order chi connectivity index (χ0) is 23.8. The van der Waals surface area contributed by atoms with Crippen molar-refractivity contribution in [3.63, 3.8) is 0 Å². The number of nitrogens with zero attached hydrogens (tertiary/aromatic N) is 3. The summed E-state index contributed by atoms with van der Waals surface area (Å²) in [7, 11) is 2.97. The lowest BCUT2D eigenvalue weighted by molar-refractivity contribution is -0.137. The van der Waals surface area contributed by atoms with Gasteiger partial charge in [-0.2, -0.15) is 13.2 Å². The average Bonchev–Trinajstić information content (AvgIpc) is 3.12. The van der Waals surface area contributed by atoms with Crippen molar-refractivity contribution in [1.29, 1.82) is 0 Å². The monoisotopic (exact) mass is 463 g/mol. The Kier molecular flexibility index (Phi) is 6.20. The molecule has 0 N–H and O–H groups in total. The Hall–Kier alpha value is -3.27. The van der Waals surface area contributed by atoms with E-state index in [1.54, 1.807) is 24.3 Å². The number of halogens is 3. The van der Waals surface area contributed by atoms with Crippen LogP contribution in [0.4, 0.5) is 24.5 Å². The fourth-order valence-corrected chi connectivity index (χ4v) is 4.31. The van der Waals surface area contributed by atoms with Crippen molar-refractivity contribution in [1.82, 2.24) is 4.90 Å². The molecular formula is C23H24F3N3O4. The van der Waals surface area contributed by atoms with E-state index in [4.69, 9.17) is 9.47 Å². The van der Waals surface area contributed by atoms with Gasteiger partial charge in [-0.3, -0.25) is 14.5 Å². The van der Waals surface area contributed by atoms with Crippen LogP contribution < -0.4 is 19.3 Å². The molecule has 2 aliphatic rings. The maximum atomic E-state index is 13.1. The molecule has 7 nitrogen and oxygen atoms in total. The molecule has 2 aromatic carbocycles. The number of carbonyl (C=O) groups excluding carboxylic acids is 2. The average molecular weight is 463 g/mol. The van der Waals surface area contributed by atoms with Crippen LogP contribution in [0.25, 0.3) is 0 Å². The fourth-order valence-electron chi connectivity index (χ4n) is 4.31. The first-order chi connectivity index (χ1) is 15.7. The number of hydrogen-bond donors (Lipinski definition) is 0. The highest BCUT2D eigenvalue weighted by molar-refractivity contribution is 6.22. The van der Waals surface area contributed by atoms with E-state index < -0.39 is 17.8 Å². The summed E-state index contributed by atoms with van der Waals surface area (Å²) in [6.07, 6.45) is -4.35. The number of methoxy groups -OCH3 is 2. The van der Waals surface area contributed by atoms with E-state index in [0.717, 1.165) is 17.0 Å². The highest BCUT2D eigenvalue weighted by Gasteiger charge is 2.43. The Morgan fingerprint density at radius 3 is 2.21 bits per heavy atom. The minimum Gasteiger partial charge on any atom is -0.493 e. The lowest BCUT2D eigenvalue weighted by atomic mass is 10.1. The van der Waals surface area contributed by atoms with Gasteiger partial charge in [0.05, 0.1) is 37.9 Å². The lowest BCUT2D eigenvalue weighted by Crippen LogP contribution is -2.52. The Morgan fingerprint density at radius 1 is 0.879 bits per heavy atom. The second kappa shape index (κ2) is 8.93. The van der Waals surface area contributed by atoms with Gasteiger partial charge >= 0.3 is 6.18 Å². The van der Waals surface area contributed by atoms with Crippen molar-refractivity contribution >= 4 is 23.2 Å². The first-order valence-electron chi connectivity index (χ1n) is 10.5. The Bertz CT molecular complexity index is 1050. The van der Waals surface area contributed by atoms with Gasteiger partial charge in [0, 0.05) is 37.9 Å². The van der Waals surface area contributed by atoms with Crippen molar-refractivity contribution in [2.45, 2.75) is 18.6 Å². The number of benzene rings is 2. The number of carbonyl (C=O) groups is 2. The van der Waals surface area contributed by atoms with Crippen LogP contribution in [0.15, 0.2) is 42.5 Å². The molecule has 33 heavy (non-hydrogen) atoms. The molecule has 4 rings (SSSR count). The summed E-state index contributed by atoms with van der Waals surface area (Å²) in [4.78, 5) is 30.8. The smallest absolute Gasteiger partial charge is 0.416 e. The van der Waals surface area contributed by atoms with Gasteiger partial charge in [0.15, 0.2) is 11.5 Å². The number of anilines is 2. The molecule has 1 atom stereocenters. The molecule has 0 aromatic heterocycles. The summed E-state index contributed by atoms with van der Waals surface area (Å²) in [5.74, 6) is 0.272. The molecule has 2 saturated heterocycles. The number of hydrogen-bond acceptors (Lipinski definition) is 6. The maximum Gasteiger partial charge on any atom is 0.416 e. The quantitative estimate of drug-likeness (QED) is 0.635. The summed E-state index contributed by atoms with van der Waals surface area (Å²) in [6, 6.07) is 9.47. The van der Waals surface area contributed by atoms with Gasteiger partial charge in [-0.1, -0.05) is 6.07 Å². The molecule has 0 spiro atoms. The van der Waals surface area contributed by atoms with Gasteiger partial charge in [-0.25, -0.2) is 4.90 Å². The molecule has 10 heteroatoms. The number of alkyl halides is 3. The first kappa shape index (κ1) is 22.9. The van der Waals surface area contributed by atoms with E-state index in [-0.39, 0.29) is 18.2 Å². The van der Waals surface area contributed by atoms with Gasteiger partial charge < -0.3 is 14.4 Å². The molecule has 2 aromatic rings. The number of amides is 2. The molecule has 2 fully saturated rings. The van der Waals surface area contributed by atoms with Crippen LogP contribution in [0.3, 0.4) is 0 Å². The molecule has 1 unspecified atom stereocenters. The number of ether oxygens (including phenoxy) is 2. The second-order valence-electron chi connectivity index (χ2n) is 7.90. The van der Waals surface area contributed by atoms with E-state index in [2.05, 4.69) is 0 Å². The minimum absolute atomic E-state index is 0.0523. The maximum absolute atomic E-state index is 13.1. The third kappa shape index (κ3) is 4.47. The Balaban J connectivity index is 1.45. The van der Waals surface area contributed by atoms with Gasteiger partial charge in [0.2, 0.25) is 5.91 Å². The van der Waals surface area contributed by atoms with E-state index in [9.17, 15) is 22.8 Å². The molecular weight excluding hydrogens is 439 g/mol.